The lowest BCUT2D eigenvalue weighted by Gasteiger charge is -2.12. The summed E-state index contributed by atoms with van der Waals surface area (Å²) in [5.74, 6) is -2.11. The molecule has 0 aliphatic rings. The van der Waals surface area contributed by atoms with Crippen LogP contribution in [0.1, 0.15) is 18.7 Å². The van der Waals surface area contributed by atoms with Gasteiger partial charge in [0.2, 0.25) is 0 Å². The number of aliphatic carboxylic acids is 1. The van der Waals surface area contributed by atoms with Crippen LogP contribution >= 0.6 is 0 Å². The van der Waals surface area contributed by atoms with Gasteiger partial charge in [0.25, 0.3) is 0 Å². The highest BCUT2D eigenvalue weighted by Crippen LogP contribution is 2.25. The van der Waals surface area contributed by atoms with Crippen LogP contribution in [-0.2, 0) is 4.79 Å². The van der Waals surface area contributed by atoms with Gasteiger partial charge in [0, 0.05) is 0 Å². The molecule has 0 aliphatic heterocycles. The van der Waals surface area contributed by atoms with Crippen molar-refractivity contribution >= 4 is 5.97 Å². The van der Waals surface area contributed by atoms with E-state index in [1.807, 2.05) is 0 Å². The molecule has 0 aliphatic carbocycles. The fourth-order valence-electron chi connectivity index (χ4n) is 1.05. The molecule has 0 saturated heterocycles. The van der Waals surface area contributed by atoms with Gasteiger partial charge in [-0.05, 0) is 12.5 Å². The first kappa shape index (κ1) is 9.71. The Hall–Kier alpha value is -1.38. The lowest BCUT2D eigenvalue weighted by atomic mass is 9.99. The highest BCUT2D eigenvalue weighted by Gasteiger charge is 2.24. The minimum Gasteiger partial charge on any atom is -0.481 e. The average molecular weight is 182 g/mol. The molecule has 1 aromatic carbocycles. The summed E-state index contributed by atoms with van der Waals surface area (Å²) in [5.41, 5.74) is 0.414. The molecule has 70 valence electrons. The number of halogens is 1. The third-order valence-corrected chi connectivity index (χ3v) is 1.95. The minimum atomic E-state index is -1.43. The van der Waals surface area contributed by atoms with Gasteiger partial charge >= 0.3 is 5.97 Å². The Morgan fingerprint density at radius 2 is 1.92 bits per heavy atom. The van der Waals surface area contributed by atoms with E-state index in [2.05, 4.69) is 0 Å². The molecule has 13 heavy (non-hydrogen) atoms. The van der Waals surface area contributed by atoms with Crippen molar-refractivity contribution in [2.24, 2.45) is 5.92 Å². The van der Waals surface area contributed by atoms with Crippen LogP contribution < -0.4 is 0 Å². The Kier molecular flexibility index (Phi) is 3.01. The van der Waals surface area contributed by atoms with Crippen molar-refractivity contribution in [2.45, 2.75) is 13.1 Å². The van der Waals surface area contributed by atoms with E-state index in [1.165, 1.54) is 6.92 Å². The van der Waals surface area contributed by atoms with Gasteiger partial charge in [0.05, 0.1) is 5.92 Å². The van der Waals surface area contributed by atoms with Crippen molar-refractivity contribution in [2.75, 3.05) is 0 Å². The van der Waals surface area contributed by atoms with E-state index < -0.39 is 18.1 Å². The molecule has 0 heterocycles. The summed E-state index contributed by atoms with van der Waals surface area (Å²) >= 11 is 0. The molecule has 0 fully saturated rings. The number of carboxylic acids is 1. The van der Waals surface area contributed by atoms with Crippen molar-refractivity contribution in [3.8, 4) is 0 Å². The number of alkyl halides is 1. The van der Waals surface area contributed by atoms with E-state index in [0.717, 1.165) is 0 Å². The Morgan fingerprint density at radius 1 is 1.38 bits per heavy atom. The molecule has 1 aromatic rings. The highest BCUT2D eigenvalue weighted by molar-refractivity contribution is 5.70. The highest BCUT2D eigenvalue weighted by atomic mass is 19.1. The van der Waals surface area contributed by atoms with Crippen molar-refractivity contribution in [3.05, 3.63) is 35.9 Å². The molecule has 1 N–H and O–H groups in total. The fraction of sp³-hybridized carbons (Fsp3) is 0.300. The quantitative estimate of drug-likeness (QED) is 0.779. The summed E-state index contributed by atoms with van der Waals surface area (Å²) in [5, 5.41) is 8.57. The summed E-state index contributed by atoms with van der Waals surface area (Å²) in [4.78, 5) is 10.5. The Balaban J connectivity index is 2.79. The third-order valence-electron chi connectivity index (χ3n) is 1.95. The number of carboxylic acid groups (broad SMARTS) is 1. The van der Waals surface area contributed by atoms with Crippen LogP contribution in [0.5, 0.6) is 0 Å². The molecule has 0 radical (unpaired) electrons. The lowest BCUT2D eigenvalue weighted by Crippen LogP contribution is -2.15. The molecule has 3 heteroatoms. The number of hydrogen-bond acceptors (Lipinski definition) is 1. The first-order valence-electron chi connectivity index (χ1n) is 4.04. The maximum atomic E-state index is 13.4. The van der Waals surface area contributed by atoms with Gasteiger partial charge in [-0.2, -0.15) is 0 Å². The first-order chi connectivity index (χ1) is 6.13. The fourth-order valence-corrected chi connectivity index (χ4v) is 1.05. The van der Waals surface area contributed by atoms with Gasteiger partial charge in [-0.25, -0.2) is 4.39 Å². The molecule has 2 unspecified atom stereocenters. The van der Waals surface area contributed by atoms with Crippen molar-refractivity contribution in [1.29, 1.82) is 0 Å². The Morgan fingerprint density at radius 3 is 2.38 bits per heavy atom. The second-order valence-electron chi connectivity index (χ2n) is 2.94. The van der Waals surface area contributed by atoms with Crippen LogP contribution in [0.25, 0.3) is 0 Å². The molecule has 0 bridgehead atoms. The van der Waals surface area contributed by atoms with E-state index in [4.69, 9.17) is 5.11 Å². The first-order valence-corrected chi connectivity index (χ1v) is 4.04. The molecular formula is C10H11FO2. The number of hydrogen-bond donors (Lipinski definition) is 1. The summed E-state index contributed by atoms with van der Waals surface area (Å²) in [6, 6.07) is 8.32. The standard InChI is InChI=1S/C10H11FO2/c1-7(10(12)13)9(11)8-5-3-2-4-6-8/h2-7,9H,1H3,(H,12,13). The number of carbonyl (C=O) groups is 1. The summed E-state index contributed by atoms with van der Waals surface area (Å²) in [7, 11) is 0. The van der Waals surface area contributed by atoms with E-state index in [0.29, 0.717) is 5.56 Å². The normalized spacial score (nSPS) is 14.9. The lowest BCUT2D eigenvalue weighted by molar-refractivity contribution is -0.143. The van der Waals surface area contributed by atoms with Crippen molar-refractivity contribution < 1.29 is 14.3 Å². The van der Waals surface area contributed by atoms with Crippen LogP contribution in [0.2, 0.25) is 0 Å². The molecule has 0 spiro atoms. The van der Waals surface area contributed by atoms with Gasteiger partial charge in [0.15, 0.2) is 0 Å². The van der Waals surface area contributed by atoms with E-state index in [-0.39, 0.29) is 0 Å². The van der Waals surface area contributed by atoms with Crippen LogP contribution in [0, 0.1) is 5.92 Å². The second kappa shape index (κ2) is 4.03. The smallest absolute Gasteiger partial charge is 0.309 e. The maximum Gasteiger partial charge on any atom is 0.309 e. The molecular weight excluding hydrogens is 171 g/mol. The average Bonchev–Trinajstić information content (AvgIpc) is 2.17. The number of benzene rings is 1. The third kappa shape index (κ3) is 2.28. The summed E-state index contributed by atoms with van der Waals surface area (Å²) in [6.07, 6.45) is -1.43. The van der Waals surface area contributed by atoms with Gasteiger partial charge < -0.3 is 5.11 Å². The second-order valence-corrected chi connectivity index (χ2v) is 2.94. The molecule has 0 saturated carbocycles. The molecule has 2 atom stereocenters. The van der Waals surface area contributed by atoms with Crippen LogP contribution in [0.3, 0.4) is 0 Å². The Labute approximate surface area is 76.0 Å². The predicted molar refractivity (Wildman–Crippen MR) is 47.1 cm³/mol. The summed E-state index contributed by atoms with van der Waals surface area (Å²) in [6.45, 7) is 1.36. The van der Waals surface area contributed by atoms with Gasteiger partial charge in [-0.15, -0.1) is 0 Å². The largest absolute Gasteiger partial charge is 0.481 e. The molecule has 0 amide bonds. The van der Waals surface area contributed by atoms with Crippen molar-refractivity contribution in [3.63, 3.8) is 0 Å². The monoisotopic (exact) mass is 182 g/mol. The van der Waals surface area contributed by atoms with Crippen LogP contribution in [-0.4, -0.2) is 11.1 Å². The molecule has 2 nitrogen and oxygen atoms in total. The van der Waals surface area contributed by atoms with E-state index in [9.17, 15) is 9.18 Å². The van der Waals surface area contributed by atoms with Crippen LogP contribution in [0.4, 0.5) is 4.39 Å². The number of rotatable bonds is 3. The zero-order chi connectivity index (χ0) is 9.84. The van der Waals surface area contributed by atoms with E-state index in [1.54, 1.807) is 30.3 Å². The predicted octanol–water partition coefficient (Wildman–Crippen LogP) is 2.42. The van der Waals surface area contributed by atoms with Crippen LogP contribution in [0.15, 0.2) is 30.3 Å². The topological polar surface area (TPSA) is 37.3 Å². The van der Waals surface area contributed by atoms with Gasteiger partial charge in [-0.3, -0.25) is 4.79 Å². The zero-order valence-corrected chi connectivity index (χ0v) is 7.27. The molecule has 1 rings (SSSR count). The summed E-state index contributed by atoms with van der Waals surface area (Å²) < 4.78 is 13.4. The minimum absolute atomic E-state index is 0.414. The SMILES string of the molecule is CC(C(=O)O)C(F)c1ccccc1. The molecule has 0 aromatic heterocycles. The Bertz CT molecular complexity index is 284. The van der Waals surface area contributed by atoms with E-state index >= 15 is 0 Å². The maximum absolute atomic E-state index is 13.4. The van der Waals surface area contributed by atoms with Gasteiger partial charge in [0.1, 0.15) is 6.17 Å². The zero-order valence-electron chi connectivity index (χ0n) is 7.27. The van der Waals surface area contributed by atoms with Crippen molar-refractivity contribution in [1.82, 2.24) is 0 Å². The van der Waals surface area contributed by atoms with Gasteiger partial charge in [-0.1, -0.05) is 30.3 Å².